The van der Waals surface area contributed by atoms with Crippen LogP contribution in [0.4, 0.5) is 18.9 Å². The Labute approximate surface area is 161 Å². The van der Waals surface area contributed by atoms with E-state index in [-0.39, 0.29) is 28.3 Å². The van der Waals surface area contributed by atoms with E-state index in [1.165, 1.54) is 54.7 Å². The Hall–Kier alpha value is -3.95. The lowest BCUT2D eigenvalue weighted by Crippen LogP contribution is -2.17. The van der Waals surface area contributed by atoms with Crippen molar-refractivity contribution in [1.29, 1.82) is 0 Å². The topological polar surface area (TPSA) is 97.7 Å². The molecule has 0 aliphatic rings. The molecular formula is C19H12F3N3O4. The number of nitrogens with zero attached hydrogens (tertiary/aromatic N) is 2. The quantitative estimate of drug-likeness (QED) is 0.381. The summed E-state index contributed by atoms with van der Waals surface area (Å²) in [5.74, 6) is -0.179. The first-order valence-corrected chi connectivity index (χ1v) is 8.09. The number of hydrogen-bond donors (Lipinski definition) is 1. The van der Waals surface area contributed by atoms with Crippen LogP contribution in [0.5, 0.6) is 0 Å². The third-order valence-corrected chi connectivity index (χ3v) is 3.80. The summed E-state index contributed by atoms with van der Waals surface area (Å²) >= 11 is 0. The molecular weight excluding hydrogens is 391 g/mol. The smallest absolute Gasteiger partial charge is 0.416 e. The average molecular weight is 403 g/mol. The summed E-state index contributed by atoms with van der Waals surface area (Å²) < 4.78 is 43.8. The van der Waals surface area contributed by atoms with Crippen molar-refractivity contribution in [3.63, 3.8) is 0 Å². The minimum Gasteiger partial charge on any atom is -0.455 e. The molecule has 1 heterocycles. The highest BCUT2D eigenvalue weighted by Crippen LogP contribution is 2.32. The van der Waals surface area contributed by atoms with Crippen LogP contribution in [-0.4, -0.2) is 17.0 Å². The molecule has 3 rings (SSSR count). The Kier molecular flexibility index (Phi) is 5.44. The van der Waals surface area contributed by atoms with Crippen LogP contribution in [0.2, 0.25) is 0 Å². The average Bonchev–Trinajstić information content (AvgIpc) is 3.16. The Morgan fingerprint density at radius 1 is 1.10 bits per heavy atom. The van der Waals surface area contributed by atoms with Crippen molar-refractivity contribution in [1.82, 2.24) is 5.43 Å². The van der Waals surface area contributed by atoms with Gasteiger partial charge < -0.3 is 4.42 Å². The van der Waals surface area contributed by atoms with E-state index < -0.39 is 22.6 Å². The first-order valence-electron chi connectivity index (χ1n) is 8.09. The number of nitrogens with one attached hydrogen (secondary N) is 1. The molecule has 10 heteroatoms. The number of rotatable bonds is 5. The van der Waals surface area contributed by atoms with Gasteiger partial charge in [-0.1, -0.05) is 12.1 Å². The Bertz CT molecular complexity index is 1070. The monoisotopic (exact) mass is 403 g/mol. The van der Waals surface area contributed by atoms with Crippen LogP contribution in [-0.2, 0) is 6.18 Å². The lowest BCUT2D eigenvalue weighted by molar-refractivity contribution is -0.384. The van der Waals surface area contributed by atoms with E-state index in [0.717, 1.165) is 12.1 Å². The van der Waals surface area contributed by atoms with Crippen LogP contribution in [0.15, 0.2) is 70.2 Å². The maximum absolute atomic E-state index is 12.8. The fourth-order valence-corrected chi connectivity index (χ4v) is 2.38. The van der Waals surface area contributed by atoms with Crippen molar-refractivity contribution in [2.75, 3.05) is 0 Å². The normalized spacial score (nSPS) is 11.6. The van der Waals surface area contributed by atoms with Crippen LogP contribution in [0.25, 0.3) is 11.3 Å². The number of nitro groups is 1. The molecule has 148 valence electrons. The van der Waals surface area contributed by atoms with E-state index in [2.05, 4.69) is 10.5 Å². The van der Waals surface area contributed by atoms with E-state index in [1.54, 1.807) is 0 Å². The molecule has 1 aromatic heterocycles. The number of hydrazone groups is 1. The van der Waals surface area contributed by atoms with Crippen LogP contribution < -0.4 is 5.43 Å². The fraction of sp³-hybridized carbons (Fsp3) is 0.0526. The standard InChI is InChI=1S/C19H12F3N3O4/c20-19(21,22)14-3-1-2-13(10-14)17-9-8-16(29-17)11-23-24-18(26)12-4-6-15(7-5-12)25(27)28/h1-11H,(H,24,26)/b23-11-. The molecule has 0 saturated heterocycles. The number of halogens is 3. The van der Waals surface area contributed by atoms with Crippen molar-refractivity contribution < 1.29 is 27.3 Å². The van der Waals surface area contributed by atoms with Gasteiger partial charge >= 0.3 is 6.18 Å². The Morgan fingerprint density at radius 2 is 1.83 bits per heavy atom. The van der Waals surface area contributed by atoms with E-state index in [0.29, 0.717) is 0 Å². The van der Waals surface area contributed by atoms with Crippen LogP contribution in [0.3, 0.4) is 0 Å². The van der Waals surface area contributed by atoms with Crippen LogP contribution >= 0.6 is 0 Å². The van der Waals surface area contributed by atoms with Crippen molar-refractivity contribution >= 4 is 17.8 Å². The molecule has 0 spiro atoms. The Morgan fingerprint density at radius 3 is 2.48 bits per heavy atom. The summed E-state index contributed by atoms with van der Waals surface area (Å²) in [5, 5.41) is 14.3. The van der Waals surface area contributed by atoms with Gasteiger partial charge in [-0.05, 0) is 36.4 Å². The lowest BCUT2D eigenvalue weighted by atomic mass is 10.1. The van der Waals surface area contributed by atoms with Gasteiger partial charge in [0.15, 0.2) is 0 Å². The maximum atomic E-state index is 12.8. The number of carbonyl (C=O) groups is 1. The van der Waals surface area contributed by atoms with Gasteiger partial charge in [-0.3, -0.25) is 14.9 Å². The van der Waals surface area contributed by atoms with Crippen LogP contribution in [0, 0.1) is 10.1 Å². The molecule has 1 N–H and O–H groups in total. The predicted octanol–water partition coefficient (Wildman–Crippen LogP) is 4.64. The summed E-state index contributed by atoms with van der Waals surface area (Å²) in [6, 6.07) is 12.6. The van der Waals surface area contributed by atoms with Gasteiger partial charge in [-0.25, -0.2) is 5.43 Å². The summed E-state index contributed by atoms with van der Waals surface area (Å²) in [7, 11) is 0. The van der Waals surface area contributed by atoms with Gasteiger partial charge in [0.25, 0.3) is 11.6 Å². The number of benzene rings is 2. The second kappa shape index (κ2) is 7.97. The van der Waals surface area contributed by atoms with Gasteiger partial charge in [-0.15, -0.1) is 0 Å². The summed E-state index contributed by atoms with van der Waals surface area (Å²) in [6.07, 6.45) is -3.28. The molecule has 0 fully saturated rings. The van der Waals surface area contributed by atoms with Crippen molar-refractivity contribution in [2.24, 2.45) is 5.10 Å². The number of carbonyl (C=O) groups excluding carboxylic acids is 1. The number of furan rings is 1. The van der Waals surface area contributed by atoms with E-state index >= 15 is 0 Å². The zero-order chi connectivity index (χ0) is 21.0. The predicted molar refractivity (Wildman–Crippen MR) is 97.3 cm³/mol. The molecule has 0 atom stereocenters. The zero-order valence-corrected chi connectivity index (χ0v) is 14.5. The van der Waals surface area contributed by atoms with Gasteiger partial charge in [0, 0.05) is 23.3 Å². The Balaban J connectivity index is 1.66. The van der Waals surface area contributed by atoms with Crippen LogP contribution in [0.1, 0.15) is 21.7 Å². The summed E-state index contributed by atoms with van der Waals surface area (Å²) in [6.45, 7) is 0. The van der Waals surface area contributed by atoms with Crippen molar-refractivity contribution in [2.45, 2.75) is 6.18 Å². The molecule has 29 heavy (non-hydrogen) atoms. The molecule has 0 bridgehead atoms. The van der Waals surface area contributed by atoms with Crippen molar-refractivity contribution in [3.8, 4) is 11.3 Å². The molecule has 3 aromatic rings. The molecule has 0 aliphatic carbocycles. The highest BCUT2D eigenvalue weighted by atomic mass is 19.4. The molecule has 0 aliphatic heterocycles. The fourth-order valence-electron chi connectivity index (χ4n) is 2.38. The number of alkyl halides is 3. The summed E-state index contributed by atoms with van der Waals surface area (Å²) in [4.78, 5) is 22.0. The number of hydrogen-bond acceptors (Lipinski definition) is 5. The summed E-state index contributed by atoms with van der Waals surface area (Å²) in [5.41, 5.74) is 1.69. The molecule has 1 amide bonds. The number of amides is 1. The molecule has 0 unspecified atom stereocenters. The van der Waals surface area contributed by atoms with Gasteiger partial charge in [0.05, 0.1) is 16.7 Å². The highest BCUT2D eigenvalue weighted by molar-refractivity contribution is 5.94. The first-order chi connectivity index (χ1) is 13.7. The lowest BCUT2D eigenvalue weighted by Gasteiger charge is -2.07. The highest BCUT2D eigenvalue weighted by Gasteiger charge is 2.30. The minimum absolute atomic E-state index is 0.150. The molecule has 7 nitrogen and oxygen atoms in total. The third kappa shape index (κ3) is 4.86. The van der Waals surface area contributed by atoms with E-state index in [1.807, 2.05) is 0 Å². The largest absolute Gasteiger partial charge is 0.455 e. The van der Waals surface area contributed by atoms with Gasteiger partial charge in [0.1, 0.15) is 11.5 Å². The SMILES string of the molecule is O=C(N/N=C\c1ccc(-c2cccc(C(F)(F)F)c2)o1)c1ccc([N+](=O)[O-])cc1. The first kappa shape index (κ1) is 19.8. The van der Waals surface area contributed by atoms with E-state index in [9.17, 15) is 28.1 Å². The molecule has 0 radical (unpaired) electrons. The van der Waals surface area contributed by atoms with Gasteiger partial charge in [-0.2, -0.15) is 18.3 Å². The third-order valence-electron chi connectivity index (χ3n) is 3.80. The van der Waals surface area contributed by atoms with E-state index in [4.69, 9.17) is 4.42 Å². The molecule has 0 saturated carbocycles. The number of non-ortho nitro benzene ring substituents is 1. The second-order valence-electron chi connectivity index (χ2n) is 5.78. The number of nitro benzene ring substituents is 1. The second-order valence-corrected chi connectivity index (χ2v) is 5.78. The minimum atomic E-state index is -4.46. The molecule has 2 aromatic carbocycles. The maximum Gasteiger partial charge on any atom is 0.416 e. The van der Waals surface area contributed by atoms with Gasteiger partial charge in [0.2, 0.25) is 0 Å². The zero-order valence-electron chi connectivity index (χ0n) is 14.5. The van der Waals surface area contributed by atoms with Crippen molar-refractivity contribution in [3.05, 3.63) is 87.7 Å².